The van der Waals surface area contributed by atoms with Crippen molar-refractivity contribution in [1.29, 1.82) is 0 Å². The number of ether oxygens (including phenoxy) is 2. The Kier molecular flexibility index (Phi) is 6.61. The number of methoxy groups -OCH3 is 1. The van der Waals surface area contributed by atoms with Crippen LogP contribution in [0.4, 0.5) is 0 Å². The molecule has 0 fully saturated rings. The van der Waals surface area contributed by atoms with E-state index in [1.807, 2.05) is 30.3 Å². The average Bonchev–Trinajstić information content (AvgIpc) is 2.72. The van der Waals surface area contributed by atoms with Crippen molar-refractivity contribution in [2.24, 2.45) is 0 Å². The summed E-state index contributed by atoms with van der Waals surface area (Å²) in [7, 11) is -2.32. The fourth-order valence-electron chi connectivity index (χ4n) is 2.43. The Balaban J connectivity index is 1.56. The van der Waals surface area contributed by atoms with E-state index >= 15 is 0 Å². The van der Waals surface area contributed by atoms with Crippen molar-refractivity contribution in [3.05, 3.63) is 65.1 Å². The number of hydrogen-bond acceptors (Lipinski definition) is 6. The molecular weight excluding hydrogens is 446 g/mol. The van der Waals surface area contributed by atoms with Crippen LogP contribution in [0.5, 0.6) is 11.6 Å². The van der Waals surface area contributed by atoms with Crippen LogP contribution in [0.2, 0.25) is 0 Å². The minimum atomic E-state index is -3.74. The van der Waals surface area contributed by atoms with Crippen LogP contribution in [0, 0.1) is 0 Å². The summed E-state index contributed by atoms with van der Waals surface area (Å²) in [6.07, 6.45) is 0. The molecule has 0 aliphatic rings. The zero-order valence-electron chi connectivity index (χ0n) is 15.0. The first-order valence-corrected chi connectivity index (χ1v) is 10.6. The molecule has 1 aromatic heterocycles. The number of hydrogen-bond donors (Lipinski definition) is 1. The van der Waals surface area contributed by atoms with Crippen molar-refractivity contribution in [3.8, 4) is 22.9 Å². The summed E-state index contributed by atoms with van der Waals surface area (Å²) in [6.45, 7) is 0.176. The van der Waals surface area contributed by atoms with E-state index in [0.717, 1.165) is 11.3 Å². The molecule has 1 N–H and O–H groups in total. The smallest absolute Gasteiger partial charge is 0.244 e. The van der Waals surface area contributed by atoms with Crippen molar-refractivity contribution < 1.29 is 17.9 Å². The van der Waals surface area contributed by atoms with Gasteiger partial charge in [0.15, 0.2) is 0 Å². The summed E-state index contributed by atoms with van der Waals surface area (Å²) in [5.41, 5.74) is 1.69. The first-order chi connectivity index (χ1) is 13.5. The highest BCUT2D eigenvalue weighted by atomic mass is 79.9. The standard InChI is InChI=1S/C19H18BrN3O4S/c1-26-17-9-7-15(20)13-18(17)28(24,25)21-11-12-27-19-10-8-16(22-23-19)14-5-3-2-4-6-14/h2-10,13,21H,11-12H2,1H3. The van der Waals surface area contributed by atoms with E-state index in [-0.39, 0.29) is 23.8 Å². The fraction of sp³-hybridized carbons (Fsp3) is 0.158. The van der Waals surface area contributed by atoms with Gasteiger partial charge < -0.3 is 9.47 Å². The van der Waals surface area contributed by atoms with Crippen molar-refractivity contribution in [1.82, 2.24) is 14.9 Å². The van der Waals surface area contributed by atoms with Gasteiger partial charge >= 0.3 is 0 Å². The summed E-state index contributed by atoms with van der Waals surface area (Å²) < 4.78 is 38.7. The van der Waals surface area contributed by atoms with E-state index in [9.17, 15) is 8.42 Å². The van der Waals surface area contributed by atoms with Crippen molar-refractivity contribution in [2.45, 2.75) is 4.90 Å². The highest BCUT2D eigenvalue weighted by Gasteiger charge is 2.19. The van der Waals surface area contributed by atoms with E-state index in [0.29, 0.717) is 10.4 Å². The number of rotatable bonds is 8. The molecule has 3 rings (SSSR count). The Morgan fingerprint density at radius 2 is 1.82 bits per heavy atom. The fourth-order valence-corrected chi connectivity index (χ4v) is 4.15. The summed E-state index contributed by atoms with van der Waals surface area (Å²) in [4.78, 5) is 0.0522. The van der Waals surface area contributed by atoms with Gasteiger partial charge in [-0.25, -0.2) is 13.1 Å². The summed E-state index contributed by atoms with van der Waals surface area (Å²) in [5, 5.41) is 8.13. The van der Waals surface area contributed by atoms with Crippen LogP contribution >= 0.6 is 15.9 Å². The van der Waals surface area contributed by atoms with Crippen LogP contribution in [-0.4, -0.2) is 38.9 Å². The lowest BCUT2D eigenvalue weighted by Crippen LogP contribution is -2.28. The first-order valence-electron chi connectivity index (χ1n) is 8.35. The van der Waals surface area contributed by atoms with E-state index in [1.54, 1.807) is 24.3 Å². The number of sulfonamides is 1. The Labute approximate surface area is 171 Å². The Hall–Kier alpha value is -2.49. The zero-order chi connectivity index (χ0) is 20.0. The molecule has 0 amide bonds. The van der Waals surface area contributed by atoms with Gasteiger partial charge in [0.1, 0.15) is 17.3 Å². The SMILES string of the molecule is COc1ccc(Br)cc1S(=O)(=O)NCCOc1ccc(-c2ccccc2)nn1. The molecule has 0 aliphatic carbocycles. The van der Waals surface area contributed by atoms with Crippen molar-refractivity contribution in [2.75, 3.05) is 20.3 Å². The number of halogens is 1. The predicted octanol–water partition coefficient (Wildman–Crippen LogP) is 3.27. The van der Waals surface area contributed by atoms with Gasteiger partial charge in [-0.3, -0.25) is 0 Å². The third-order valence-electron chi connectivity index (χ3n) is 3.77. The minimum Gasteiger partial charge on any atom is -0.495 e. The van der Waals surface area contributed by atoms with Gasteiger partial charge in [-0.15, -0.1) is 10.2 Å². The molecule has 0 unspecified atom stereocenters. The quantitative estimate of drug-likeness (QED) is 0.515. The Bertz CT molecular complexity index is 1030. The lowest BCUT2D eigenvalue weighted by molar-refractivity contribution is 0.307. The average molecular weight is 464 g/mol. The predicted molar refractivity (Wildman–Crippen MR) is 109 cm³/mol. The number of nitrogens with one attached hydrogen (secondary N) is 1. The lowest BCUT2D eigenvalue weighted by atomic mass is 10.1. The monoisotopic (exact) mass is 463 g/mol. The second-order valence-electron chi connectivity index (χ2n) is 5.66. The third kappa shape index (κ3) is 5.06. The van der Waals surface area contributed by atoms with Crippen molar-refractivity contribution in [3.63, 3.8) is 0 Å². The Morgan fingerprint density at radius 3 is 2.50 bits per heavy atom. The van der Waals surface area contributed by atoms with Gasteiger partial charge in [0.25, 0.3) is 0 Å². The maximum Gasteiger partial charge on any atom is 0.244 e. The van der Waals surface area contributed by atoms with Crippen LogP contribution in [0.1, 0.15) is 0 Å². The summed E-state index contributed by atoms with van der Waals surface area (Å²) >= 11 is 3.27. The lowest BCUT2D eigenvalue weighted by Gasteiger charge is -2.11. The zero-order valence-corrected chi connectivity index (χ0v) is 17.4. The molecule has 1 heterocycles. The van der Waals surface area contributed by atoms with E-state index in [1.165, 1.54) is 13.2 Å². The molecule has 28 heavy (non-hydrogen) atoms. The highest BCUT2D eigenvalue weighted by molar-refractivity contribution is 9.10. The number of benzene rings is 2. The molecule has 0 atom stereocenters. The normalized spacial score (nSPS) is 11.2. The van der Waals surface area contributed by atoms with E-state index < -0.39 is 10.0 Å². The topological polar surface area (TPSA) is 90.4 Å². The van der Waals surface area contributed by atoms with E-state index in [4.69, 9.17) is 9.47 Å². The molecular formula is C19H18BrN3O4S. The number of nitrogens with zero attached hydrogens (tertiary/aromatic N) is 2. The minimum absolute atomic E-state index is 0.0522. The second kappa shape index (κ2) is 9.13. The molecule has 0 saturated heterocycles. The van der Waals surface area contributed by atoms with Crippen LogP contribution in [0.3, 0.4) is 0 Å². The molecule has 7 nitrogen and oxygen atoms in total. The van der Waals surface area contributed by atoms with Crippen LogP contribution in [0.25, 0.3) is 11.3 Å². The largest absolute Gasteiger partial charge is 0.495 e. The second-order valence-corrected chi connectivity index (χ2v) is 8.32. The molecule has 0 saturated carbocycles. The molecule has 2 aromatic carbocycles. The molecule has 0 radical (unpaired) electrons. The summed E-state index contributed by atoms with van der Waals surface area (Å²) in [6, 6.07) is 17.9. The van der Waals surface area contributed by atoms with Gasteiger partial charge in [-0.1, -0.05) is 46.3 Å². The molecule has 0 aliphatic heterocycles. The Morgan fingerprint density at radius 1 is 1.04 bits per heavy atom. The third-order valence-corrected chi connectivity index (χ3v) is 5.74. The molecule has 9 heteroatoms. The molecule has 0 spiro atoms. The number of aromatic nitrogens is 2. The highest BCUT2D eigenvalue weighted by Crippen LogP contribution is 2.27. The van der Waals surface area contributed by atoms with Gasteiger partial charge in [-0.2, -0.15) is 0 Å². The van der Waals surface area contributed by atoms with Gasteiger partial charge in [-0.05, 0) is 24.3 Å². The van der Waals surface area contributed by atoms with Crippen LogP contribution in [0.15, 0.2) is 70.0 Å². The van der Waals surface area contributed by atoms with Crippen LogP contribution < -0.4 is 14.2 Å². The molecule has 146 valence electrons. The van der Waals surface area contributed by atoms with Crippen LogP contribution in [-0.2, 0) is 10.0 Å². The maximum atomic E-state index is 12.5. The van der Waals surface area contributed by atoms with Gasteiger partial charge in [0.05, 0.1) is 12.8 Å². The summed E-state index contributed by atoms with van der Waals surface area (Å²) in [5.74, 6) is 0.581. The van der Waals surface area contributed by atoms with E-state index in [2.05, 4.69) is 30.8 Å². The maximum absolute atomic E-state index is 12.5. The van der Waals surface area contributed by atoms with Gasteiger partial charge in [0, 0.05) is 22.6 Å². The molecule has 3 aromatic rings. The van der Waals surface area contributed by atoms with Gasteiger partial charge in [0.2, 0.25) is 15.9 Å². The molecule has 0 bridgehead atoms. The first kappa shape index (κ1) is 20.2. The van der Waals surface area contributed by atoms with Crippen molar-refractivity contribution >= 4 is 26.0 Å².